The minimum absolute atomic E-state index is 0.0686. The van der Waals surface area contributed by atoms with Crippen LogP contribution in [-0.4, -0.2) is 21.4 Å². The van der Waals surface area contributed by atoms with Gasteiger partial charge in [-0.15, -0.1) is 0 Å². The predicted octanol–water partition coefficient (Wildman–Crippen LogP) is 3.47. The number of hydrogen-bond donors (Lipinski definition) is 2. The summed E-state index contributed by atoms with van der Waals surface area (Å²) in [6, 6.07) is 13.5. The molecule has 1 atom stereocenters. The Labute approximate surface area is 154 Å². The van der Waals surface area contributed by atoms with E-state index < -0.39 is 10.0 Å². The van der Waals surface area contributed by atoms with Gasteiger partial charge in [0.1, 0.15) is 5.75 Å². The van der Waals surface area contributed by atoms with E-state index in [-0.39, 0.29) is 16.8 Å². The fourth-order valence-electron chi connectivity index (χ4n) is 2.66. The number of rotatable bonds is 8. The fraction of sp³-hybridized carbons (Fsp3) is 0.316. The number of methoxy groups -OCH3 is 1. The van der Waals surface area contributed by atoms with Gasteiger partial charge in [0.2, 0.25) is 15.9 Å². The van der Waals surface area contributed by atoms with Crippen molar-refractivity contribution >= 4 is 21.6 Å². The third kappa shape index (κ3) is 5.06. The normalized spacial score (nSPS) is 12.4. The molecule has 2 aromatic carbocycles. The first kappa shape index (κ1) is 19.9. The second kappa shape index (κ2) is 8.82. The third-order valence-electron chi connectivity index (χ3n) is 3.87. The van der Waals surface area contributed by atoms with Crippen molar-refractivity contribution in [1.29, 1.82) is 0 Å². The zero-order valence-corrected chi connectivity index (χ0v) is 16.0. The van der Waals surface area contributed by atoms with Crippen molar-refractivity contribution < 1.29 is 17.9 Å². The Morgan fingerprint density at radius 3 is 2.42 bits per heavy atom. The van der Waals surface area contributed by atoms with E-state index in [0.29, 0.717) is 17.9 Å². The van der Waals surface area contributed by atoms with Crippen molar-refractivity contribution in [2.24, 2.45) is 0 Å². The number of ether oxygens (including phenoxy) is 1. The van der Waals surface area contributed by atoms with Crippen molar-refractivity contribution in [3.63, 3.8) is 0 Å². The standard InChI is InChI=1S/C19H24N2O4S/c1-4-8-17(15-9-6-5-7-10-15)21-26(23,24)16-11-12-19(25-3)18(13-16)20-14(2)22/h5-7,9-13,17,21H,4,8H2,1-3H3,(H,20,22)/t17-/m1/s1. The van der Waals surface area contributed by atoms with Gasteiger partial charge in [0, 0.05) is 13.0 Å². The molecule has 0 saturated carbocycles. The molecule has 0 bridgehead atoms. The van der Waals surface area contributed by atoms with Crippen LogP contribution in [0.3, 0.4) is 0 Å². The van der Waals surface area contributed by atoms with Gasteiger partial charge < -0.3 is 10.1 Å². The van der Waals surface area contributed by atoms with Crippen LogP contribution in [0.5, 0.6) is 5.75 Å². The molecule has 2 aromatic rings. The average molecular weight is 376 g/mol. The summed E-state index contributed by atoms with van der Waals surface area (Å²) in [5.74, 6) is 0.0891. The van der Waals surface area contributed by atoms with E-state index in [1.807, 2.05) is 37.3 Å². The van der Waals surface area contributed by atoms with E-state index in [9.17, 15) is 13.2 Å². The molecule has 2 rings (SSSR count). The molecule has 0 aromatic heterocycles. The Hall–Kier alpha value is -2.38. The number of hydrogen-bond acceptors (Lipinski definition) is 4. The van der Waals surface area contributed by atoms with Crippen molar-refractivity contribution in [2.75, 3.05) is 12.4 Å². The molecule has 0 radical (unpaired) electrons. The van der Waals surface area contributed by atoms with E-state index in [4.69, 9.17) is 4.74 Å². The smallest absolute Gasteiger partial charge is 0.241 e. The topological polar surface area (TPSA) is 84.5 Å². The Bertz CT molecular complexity index is 851. The minimum atomic E-state index is -3.77. The van der Waals surface area contributed by atoms with Crippen LogP contribution in [0.15, 0.2) is 53.4 Å². The summed E-state index contributed by atoms with van der Waals surface area (Å²) in [5, 5.41) is 2.59. The monoisotopic (exact) mass is 376 g/mol. The van der Waals surface area contributed by atoms with Crippen LogP contribution >= 0.6 is 0 Å². The number of sulfonamides is 1. The Morgan fingerprint density at radius 1 is 1.15 bits per heavy atom. The largest absolute Gasteiger partial charge is 0.495 e. The molecule has 0 aliphatic rings. The van der Waals surface area contributed by atoms with E-state index in [0.717, 1.165) is 12.0 Å². The Balaban J connectivity index is 2.35. The van der Waals surface area contributed by atoms with Crippen LogP contribution in [-0.2, 0) is 14.8 Å². The lowest BCUT2D eigenvalue weighted by molar-refractivity contribution is -0.114. The van der Waals surface area contributed by atoms with E-state index in [1.54, 1.807) is 0 Å². The number of nitrogens with one attached hydrogen (secondary N) is 2. The van der Waals surface area contributed by atoms with Gasteiger partial charge >= 0.3 is 0 Å². The Kier molecular flexibility index (Phi) is 6.76. The summed E-state index contributed by atoms with van der Waals surface area (Å²) in [5.41, 5.74) is 1.23. The van der Waals surface area contributed by atoms with Gasteiger partial charge in [-0.25, -0.2) is 13.1 Å². The lowest BCUT2D eigenvalue weighted by Crippen LogP contribution is -2.28. The van der Waals surface area contributed by atoms with Crippen molar-refractivity contribution in [1.82, 2.24) is 4.72 Å². The number of carbonyl (C=O) groups excluding carboxylic acids is 1. The zero-order chi connectivity index (χ0) is 19.2. The molecule has 0 unspecified atom stereocenters. The second-order valence-electron chi connectivity index (χ2n) is 5.92. The molecule has 1 amide bonds. The molecular formula is C19H24N2O4S. The van der Waals surface area contributed by atoms with Crippen LogP contribution in [0.1, 0.15) is 38.3 Å². The van der Waals surface area contributed by atoms with Gasteiger partial charge in [-0.05, 0) is 30.2 Å². The lowest BCUT2D eigenvalue weighted by Gasteiger charge is -2.19. The van der Waals surface area contributed by atoms with Crippen LogP contribution < -0.4 is 14.8 Å². The molecule has 0 saturated heterocycles. The molecule has 0 aliphatic carbocycles. The number of anilines is 1. The van der Waals surface area contributed by atoms with Crippen LogP contribution in [0.25, 0.3) is 0 Å². The molecule has 26 heavy (non-hydrogen) atoms. The first-order chi connectivity index (χ1) is 12.4. The molecule has 0 fully saturated rings. The molecule has 6 nitrogen and oxygen atoms in total. The van der Waals surface area contributed by atoms with E-state index in [2.05, 4.69) is 10.0 Å². The zero-order valence-electron chi connectivity index (χ0n) is 15.2. The minimum Gasteiger partial charge on any atom is -0.495 e. The average Bonchev–Trinajstić information content (AvgIpc) is 2.61. The molecule has 0 heterocycles. The first-order valence-electron chi connectivity index (χ1n) is 8.40. The summed E-state index contributed by atoms with van der Waals surface area (Å²) in [6.45, 7) is 3.36. The summed E-state index contributed by atoms with van der Waals surface area (Å²) in [4.78, 5) is 11.4. The highest BCUT2D eigenvalue weighted by atomic mass is 32.2. The Morgan fingerprint density at radius 2 is 1.85 bits per heavy atom. The highest BCUT2D eigenvalue weighted by molar-refractivity contribution is 7.89. The fourth-order valence-corrected chi connectivity index (χ4v) is 3.95. The van der Waals surface area contributed by atoms with E-state index in [1.165, 1.54) is 32.2 Å². The maximum atomic E-state index is 12.9. The highest BCUT2D eigenvalue weighted by Gasteiger charge is 2.22. The van der Waals surface area contributed by atoms with Crippen LogP contribution in [0.4, 0.5) is 5.69 Å². The molecule has 0 aliphatic heterocycles. The van der Waals surface area contributed by atoms with Crippen molar-refractivity contribution in [3.05, 3.63) is 54.1 Å². The SMILES string of the molecule is CCC[C@@H](NS(=O)(=O)c1ccc(OC)c(NC(C)=O)c1)c1ccccc1. The van der Waals surface area contributed by atoms with Gasteiger partial charge in [0.15, 0.2) is 0 Å². The van der Waals surface area contributed by atoms with Gasteiger partial charge in [-0.2, -0.15) is 0 Å². The van der Waals surface area contributed by atoms with Crippen molar-refractivity contribution in [3.8, 4) is 5.75 Å². The maximum absolute atomic E-state index is 12.9. The summed E-state index contributed by atoms with van der Waals surface area (Å²) < 4.78 is 33.7. The van der Waals surface area contributed by atoms with E-state index >= 15 is 0 Å². The summed E-state index contributed by atoms with van der Waals surface area (Å²) >= 11 is 0. The number of carbonyl (C=O) groups is 1. The number of amides is 1. The molecule has 2 N–H and O–H groups in total. The maximum Gasteiger partial charge on any atom is 0.241 e. The van der Waals surface area contributed by atoms with Crippen LogP contribution in [0.2, 0.25) is 0 Å². The third-order valence-corrected chi connectivity index (χ3v) is 5.34. The molecular weight excluding hydrogens is 352 g/mol. The molecule has 140 valence electrons. The van der Waals surface area contributed by atoms with Crippen molar-refractivity contribution in [2.45, 2.75) is 37.6 Å². The summed E-state index contributed by atoms with van der Waals surface area (Å²) in [7, 11) is -2.31. The predicted molar refractivity (Wildman–Crippen MR) is 102 cm³/mol. The second-order valence-corrected chi connectivity index (χ2v) is 7.63. The van der Waals surface area contributed by atoms with Crippen LogP contribution in [0, 0.1) is 0 Å². The first-order valence-corrected chi connectivity index (χ1v) is 9.88. The summed E-state index contributed by atoms with van der Waals surface area (Å²) in [6.07, 6.45) is 1.51. The quantitative estimate of drug-likeness (QED) is 0.739. The van der Waals surface area contributed by atoms with Gasteiger partial charge in [0.25, 0.3) is 0 Å². The van der Waals surface area contributed by atoms with Gasteiger partial charge in [-0.1, -0.05) is 43.7 Å². The highest BCUT2D eigenvalue weighted by Crippen LogP contribution is 2.29. The lowest BCUT2D eigenvalue weighted by atomic mass is 10.0. The molecule has 0 spiro atoms. The number of benzene rings is 2. The molecule has 7 heteroatoms. The van der Waals surface area contributed by atoms with Gasteiger partial charge in [0.05, 0.1) is 17.7 Å². The van der Waals surface area contributed by atoms with Gasteiger partial charge in [-0.3, -0.25) is 4.79 Å².